The fourth-order valence-corrected chi connectivity index (χ4v) is 3.99. The molecule has 3 heterocycles. The number of carbonyl (C=O) groups is 1. The molecule has 2 aliphatic rings. The number of fused-ring (bicyclic) bond motifs is 1. The van der Waals surface area contributed by atoms with Crippen molar-refractivity contribution in [2.75, 3.05) is 13.1 Å². The molecule has 2 atom stereocenters. The van der Waals surface area contributed by atoms with E-state index in [0.717, 1.165) is 24.2 Å². The summed E-state index contributed by atoms with van der Waals surface area (Å²) in [6.45, 7) is 2.78. The van der Waals surface area contributed by atoms with E-state index in [1.54, 1.807) is 6.20 Å². The van der Waals surface area contributed by atoms with Crippen molar-refractivity contribution < 1.29 is 4.79 Å². The largest absolute Gasteiger partial charge is 0.334 e. The van der Waals surface area contributed by atoms with Crippen molar-refractivity contribution >= 4 is 6.03 Å². The van der Waals surface area contributed by atoms with E-state index in [1.165, 1.54) is 25.8 Å². The predicted molar refractivity (Wildman–Crippen MR) is 96.6 cm³/mol. The van der Waals surface area contributed by atoms with Crippen LogP contribution in [0.2, 0.25) is 0 Å². The van der Waals surface area contributed by atoms with E-state index >= 15 is 0 Å². The SMILES string of the molecule is O=C(NCc1cnn(-c2ccccc2)c1)NC1CCN2CCCCC12. The van der Waals surface area contributed by atoms with Gasteiger partial charge in [-0.05, 0) is 37.9 Å². The van der Waals surface area contributed by atoms with Gasteiger partial charge in [-0.2, -0.15) is 5.10 Å². The summed E-state index contributed by atoms with van der Waals surface area (Å²) < 4.78 is 1.83. The maximum atomic E-state index is 12.3. The normalized spacial score (nSPS) is 23.2. The molecule has 0 spiro atoms. The topological polar surface area (TPSA) is 62.2 Å². The maximum absolute atomic E-state index is 12.3. The first-order valence-corrected chi connectivity index (χ1v) is 9.17. The standard InChI is InChI=1S/C19H25N5O/c25-19(22-17-9-11-23-10-5-4-8-18(17)23)20-12-15-13-21-24(14-15)16-6-2-1-3-7-16/h1-3,6-7,13-14,17-18H,4-5,8-12H2,(H2,20,22,25). The Morgan fingerprint density at radius 2 is 2.04 bits per heavy atom. The molecule has 0 aliphatic carbocycles. The summed E-state index contributed by atoms with van der Waals surface area (Å²) in [5, 5.41) is 10.5. The second-order valence-corrected chi connectivity index (χ2v) is 6.95. The van der Waals surface area contributed by atoms with Crippen molar-refractivity contribution in [3.63, 3.8) is 0 Å². The number of nitrogens with one attached hydrogen (secondary N) is 2. The first kappa shape index (κ1) is 16.1. The number of benzene rings is 1. The Hall–Kier alpha value is -2.34. The van der Waals surface area contributed by atoms with Crippen molar-refractivity contribution in [3.8, 4) is 5.69 Å². The van der Waals surface area contributed by atoms with Crippen LogP contribution < -0.4 is 10.6 Å². The zero-order chi connectivity index (χ0) is 17.1. The van der Waals surface area contributed by atoms with E-state index in [1.807, 2.05) is 41.2 Å². The average Bonchev–Trinajstić information content (AvgIpc) is 3.28. The van der Waals surface area contributed by atoms with Crippen LogP contribution in [-0.2, 0) is 6.54 Å². The average molecular weight is 339 g/mol. The number of aromatic nitrogens is 2. The van der Waals surface area contributed by atoms with E-state index in [-0.39, 0.29) is 12.1 Å². The molecule has 2 aliphatic heterocycles. The molecular formula is C19H25N5O. The summed E-state index contributed by atoms with van der Waals surface area (Å²) in [6, 6.07) is 10.7. The quantitative estimate of drug-likeness (QED) is 0.898. The van der Waals surface area contributed by atoms with E-state index in [4.69, 9.17) is 0 Å². The molecule has 2 saturated heterocycles. The van der Waals surface area contributed by atoms with Gasteiger partial charge in [-0.25, -0.2) is 9.48 Å². The third-order valence-corrected chi connectivity index (χ3v) is 5.28. The van der Waals surface area contributed by atoms with Crippen LogP contribution in [0.4, 0.5) is 4.79 Å². The number of hydrogen-bond acceptors (Lipinski definition) is 3. The van der Waals surface area contributed by atoms with Gasteiger partial charge in [-0.1, -0.05) is 24.6 Å². The monoisotopic (exact) mass is 339 g/mol. The lowest BCUT2D eigenvalue weighted by molar-refractivity contribution is 0.179. The number of carbonyl (C=O) groups excluding carboxylic acids is 1. The predicted octanol–water partition coefficient (Wildman–Crippen LogP) is 2.30. The summed E-state index contributed by atoms with van der Waals surface area (Å²) in [5.74, 6) is 0. The van der Waals surface area contributed by atoms with Crippen molar-refractivity contribution in [2.45, 2.75) is 44.3 Å². The Bertz CT molecular complexity index is 714. The lowest BCUT2D eigenvalue weighted by atomic mass is 9.99. The third kappa shape index (κ3) is 3.69. The molecule has 25 heavy (non-hydrogen) atoms. The van der Waals surface area contributed by atoms with Crippen LogP contribution >= 0.6 is 0 Å². The van der Waals surface area contributed by atoms with Crippen LogP contribution in [-0.4, -0.2) is 45.9 Å². The molecule has 1 aromatic heterocycles. The van der Waals surface area contributed by atoms with Gasteiger partial charge in [-0.15, -0.1) is 0 Å². The first-order valence-electron chi connectivity index (χ1n) is 9.17. The molecule has 2 unspecified atom stereocenters. The zero-order valence-corrected chi connectivity index (χ0v) is 14.4. The van der Waals surface area contributed by atoms with Gasteiger partial charge >= 0.3 is 6.03 Å². The molecule has 0 bridgehead atoms. The van der Waals surface area contributed by atoms with Crippen LogP contribution in [0.5, 0.6) is 0 Å². The second kappa shape index (κ2) is 7.27. The van der Waals surface area contributed by atoms with E-state index in [0.29, 0.717) is 12.6 Å². The molecule has 4 rings (SSSR count). The fraction of sp³-hybridized carbons (Fsp3) is 0.474. The smallest absolute Gasteiger partial charge is 0.315 e. The highest BCUT2D eigenvalue weighted by atomic mass is 16.2. The van der Waals surface area contributed by atoms with Crippen molar-refractivity contribution in [3.05, 3.63) is 48.3 Å². The molecule has 0 saturated carbocycles. The van der Waals surface area contributed by atoms with Crippen molar-refractivity contribution in [1.29, 1.82) is 0 Å². The van der Waals surface area contributed by atoms with Gasteiger partial charge in [0.05, 0.1) is 11.9 Å². The molecule has 6 heteroatoms. The summed E-state index contributed by atoms with van der Waals surface area (Å²) >= 11 is 0. The van der Waals surface area contributed by atoms with Crippen molar-refractivity contribution in [2.24, 2.45) is 0 Å². The fourth-order valence-electron chi connectivity index (χ4n) is 3.99. The molecule has 1 aromatic carbocycles. The number of amides is 2. The highest BCUT2D eigenvalue weighted by Gasteiger charge is 2.36. The Labute approximate surface area is 148 Å². The van der Waals surface area contributed by atoms with Crippen LogP contribution in [0.3, 0.4) is 0 Å². The van der Waals surface area contributed by atoms with Gasteiger partial charge in [0.2, 0.25) is 0 Å². The number of rotatable bonds is 4. The van der Waals surface area contributed by atoms with Gasteiger partial charge in [-0.3, -0.25) is 4.90 Å². The van der Waals surface area contributed by atoms with E-state index < -0.39 is 0 Å². The number of urea groups is 1. The lowest BCUT2D eigenvalue weighted by Crippen LogP contribution is -2.49. The van der Waals surface area contributed by atoms with E-state index in [2.05, 4.69) is 20.6 Å². The van der Waals surface area contributed by atoms with Gasteiger partial charge in [0.25, 0.3) is 0 Å². The molecule has 0 radical (unpaired) electrons. The minimum absolute atomic E-state index is 0.0788. The molecule has 132 valence electrons. The molecule has 2 aromatic rings. The minimum Gasteiger partial charge on any atom is -0.334 e. The van der Waals surface area contributed by atoms with Gasteiger partial charge in [0.15, 0.2) is 0 Å². The Morgan fingerprint density at radius 1 is 1.16 bits per heavy atom. The molecular weight excluding hydrogens is 314 g/mol. The van der Waals surface area contributed by atoms with Gasteiger partial charge in [0, 0.05) is 36.9 Å². The Morgan fingerprint density at radius 3 is 2.92 bits per heavy atom. The van der Waals surface area contributed by atoms with E-state index in [9.17, 15) is 4.79 Å². The molecule has 2 N–H and O–H groups in total. The van der Waals surface area contributed by atoms with Crippen LogP contribution in [0.25, 0.3) is 5.69 Å². The van der Waals surface area contributed by atoms with Crippen LogP contribution in [0.15, 0.2) is 42.7 Å². The number of piperidine rings is 1. The maximum Gasteiger partial charge on any atom is 0.315 e. The molecule has 6 nitrogen and oxygen atoms in total. The Kier molecular flexibility index (Phi) is 4.70. The molecule has 2 fully saturated rings. The van der Waals surface area contributed by atoms with Crippen molar-refractivity contribution in [1.82, 2.24) is 25.3 Å². The zero-order valence-electron chi connectivity index (χ0n) is 14.4. The third-order valence-electron chi connectivity index (χ3n) is 5.28. The molecule has 2 amide bonds. The number of hydrogen-bond donors (Lipinski definition) is 2. The number of nitrogens with zero attached hydrogens (tertiary/aromatic N) is 3. The van der Waals surface area contributed by atoms with Crippen LogP contribution in [0.1, 0.15) is 31.2 Å². The van der Waals surface area contributed by atoms with Gasteiger partial charge < -0.3 is 10.6 Å². The highest BCUT2D eigenvalue weighted by molar-refractivity contribution is 5.74. The Balaban J connectivity index is 1.28. The van der Waals surface area contributed by atoms with Gasteiger partial charge in [0.1, 0.15) is 0 Å². The lowest BCUT2D eigenvalue weighted by Gasteiger charge is -2.32. The first-order chi connectivity index (χ1) is 12.3. The summed E-state index contributed by atoms with van der Waals surface area (Å²) in [7, 11) is 0. The summed E-state index contributed by atoms with van der Waals surface area (Å²) in [6.07, 6.45) is 8.58. The summed E-state index contributed by atoms with van der Waals surface area (Å²) in [5.41, 5.74) is 2.01. The highest BCUT2D eigenvalue weighted by Crippen LogP contribution is 2.27. The minimum atomic E-state index is -0.0788. The summed E-state index contributed by atoms with van der Waals surface area (Å²) in [4.78, 5) is 14.8. The second-order valence-electron chi connectivity index (χ2n) is 6.95. The van der Waals surface area contributed by atoms with Crippen LogP contribution in [0, 0.1) is 0 Å². The number of para-hydroxylation sites is 1.